The van der Waals surface area contributed by atoms with E-state index in [-0.39, 0.29) is 67.2 Å². The Morgan fingerprint density at radius 2 is 1.35 bits per heavy atom. The van der Waals surface area contributed by atoms with Crippen LogP contribution in [0.1, 0.15) is 135 Å². The summed E-state index contributed by atoms with van der Waals surface area (Å²) in [5.41, 5.74) is 15.3. The predicted molar refractivity (Wildman–Crippen MR) is 290 cm³/mol. The fourth-order valence-corrected chi connectivity index (χ4v) is 9.60. The number of esters is 2. The fraction of sp³-hybridized carbons (Fsp3) is 0.603. The highest BCUT2D eigenvalue weighted by molar-refractivity contribution is 5.83. The van der Waals surface area contributed by atoms with Gasteiger partial charge in [0.05, 0.1) is 18.1 Å². The number of hydrogen-bond acceptors (Lipinski definition) is 13. The molecule has 0 radical (unpaired) electrons. The molecule has 5 rings (SSSR count). The molecule has 4 amide bonds. The van der Waals surface area contributed by atoms with Gasteiger partial charge in [-0.15, -0.1) is 0 Å². The van der Waals surface area contributed by atoms with Crippen LogP contribution >= 0.6 is 0 Å². The summed E-state index contributed by atoms with van der Waals surface area (Å²) in [6.45, 7) is 16.8. The molecule has 1 aromatic heterocycles. The minimum Gasteiger partial charge on any atom is -0.461 e. The van der Waals surface area contributed by atoms with Crippen molar-refractivity contribution in [3.8, 4) is 0 Å². The first-order valence-corrected chi connectivity index (χ1v) is 27.3. The number of rotatable bonds is 29. The van der Waals surface area contributed by atoms with Crippen molar-refractivity contribution in [2.24, 2.45) is 29.2 Å². The van der Waals surface area contributed by atoms with E-state index in [1.54, 1.807) is 6.20 Å². The maximum absolute atomic E-state index is 15.0. The maximum atomic E-state index is 15.0. The number of carbonyl (C=O) groups is 6. The van der Waals surface area contributed by atoms with Crippen molar-refractivity contribution in [1.82, 2.24) is 36.1 Å². The molecule has 0 bridgehead atoms. The lowest BCUT2D eigenvalue weighted by molar-refractivity contribution is -0.153. The lowest BCUT2D eigenvalue weighted by Crippen LogP contribution is -2.62. The van der Waals surface area contributed by atoms with Gasteiger partial charge in [-0.1, -0.05) is 101 Å². The lowest BCUT2D eigenvalue weighted by Gasteiger charge is -2.42. The molecule has 8 N–H and O–H groups in total. The van der Waals surface area contributed by atoms with Crippen LogP contribution in [0.15, 0.2) is 79.1 Å². The van der Waals surface area contributed by atoms with E-state index in [1.165, 1.54) is 0 Å². The molecule has 75 heavy (non-hydrogen) atoms. The Morgan fingerprint density at radius 1 is 0.733 bits per heavy atom. The van der Waals surface area contributed by atoms with Gasteiger partial charge in [0.2, 0.25) is 23.6 Å². The second kappa shape index (κ2) is 30.1. The lowest BCUT2D eigenvalue weighted by atomic mass is 9.91. The number of nitrogens with two attached hydrogens (primary N) is 2. The first kappa shape index (κ1) is 60.1. The number of benzene rings is 2. The van der Waals surface area contributed by atoms with Crippen molar-refractivity contribution in [2.45, 2.75) is 168 Å². The highest BCUT2D eigenvalue weighted by Crippen LogP contribution is 2.35. The van der Waals surface area contributed by atoms with E-state index in [1.807, 2.05) is 121 Å². The van der Waals surface area contributed by atoms with E-state index in [0.717, 1.165) is 22.3 Å². The third-order valence-electron chi connectivity index (χ3n) is 14.0. The quantitative estimate of drug-likeness (QED) is 0.0383. The summed E-state index contributed by atoms with van der Waals surface area (Å²) in [7, 11) is 0. The fourth-order valence-electron chi connectivity index (χ4n) is 9.60. The monoisotopic (exact) mass is 1040 g/mol. The van der Waals surface area contributed by atoms with Crippen molar-refractivity contribution in [3.63, 3.8) is 0 Å². The molecule has 412 valence electrons. The summed E-state index contributed by atoms with van der Waals surface area (Å²) < 4.78 is 12.6. The standard InChI is InChI=1S/C58H87N9O8/c1-39(2)51(59)56(72)62-28-17-9-13-25-49(68)74-45(37-67-31-30-66(36-42-22-19-27-61-35-42)38-47(67)55(71)65-58(5,6)7)33-44(32-41-20-11-8-12-21-41)54(70)64-53-46-24-16-15-23-43(46)34-48(53)75-50(69)26-14-10-18-29-63-57(73)52(60)40(3)4/h8,11-12,15-16,19-24,27,35,39-40,44-45,47-48,51-53H,9-10,13-14,17-18,25-26,28-34,36-38,59-60H2,1-7H3,(H,62,72)(H,63,73)(H,64,70)(H,65,71)/t44-,45+,47-,48+,51-,52-,53-/m0/s1. The molecule has 0 spiro atoms. The molecule has 7 atom stereocenters. The number of carbonyl (C=O) groups excluding carboxylic acids is 6. The Balaban J connectivity index is 1.34. The zero-order valence-corrected chi connectivity index (χ0v) is 45.7. The Kier molecular flexibility index (Phi) is 24.1. The van der Waals surface area contributed by atoms with Crippen LogP contribution in [-0.2, 0) is 57.6 Å². The zero-order valence-electron chi connectivity index (χ0n) is 45.7. The van der Waals surface area contributed by atoms with E-state index in [0.29, 0.717) is 90.6 Å². The SMILES string of the molecule is CC(C)[C@H](N)C(=O)NCCCCCC(=O)O[C@H](C[C@H](Cc1ccccc1)C(=O)N[C@H]1c2ccccc2C[C@H]1OC(=O)CCCCCNC(=O)[C@@H](N)C(C)C)CN1CCN(Cc2cccnc2)C[C@H]1C(=O)NC(C)(C)C. The van der Waals surface area contributed by atoms with Crippen LogP contribution in [0.4, 0.5) is 0 Å². The molecule has 1 fully saturated rings. The Hall–Kier alpha value is -5.75. The highest BCUT2D eigenvalue weighted by atomic mass is 16.5. The number of aromatic nitrogens is 1. The van der Waals surface area contributed by atoms with Gasteiger partial charge in [0.1, 0.15) is 18.2 Å². The largest absolute Gasteiger partial charge is 0.461 e. The van der Waals surface area contributed by atoms with Crippen LogP contribution in [0.5, 0.6) is 0 Å². The van der Waals surface area contributed by atoms with Gasteiger partial charge in [0.25, 0.3) is 0 Å². The molecule has 17 nitrogen and oxygen atoms in total. The molecule has 1 aliphatic carbocycles. The van der Waals surface area contributed by atoms with Gasteiger partial charge in [-0.2, -0.15) is 0 Å². The van der Waals surface area contributed by atoms with E-state index >= 15 is 4.79 Å². The van der Waals surface area contributed by atoms with Gasteiger partial charge >= 0.3 is 11.9 Å². The second-order valence-corrected chi connectivity index (χ2v) is 22.2. The number of piperazine rings is 1. The normalized spacial score (nSPS) is 18.6. The molecule has 1 aliphatic heterocycles. The van der Waals surface area contributed by atoms with Crippen LogP contribution in [0, 0.1) is 17.8 Å². The number of fused-ring (bicyclic) bond motifs is 1. The summed E-state index contributed by atoms with van der Waals surface area (Å²) in [4.78, 5) is 90.0. The van der Waals surface area contributed by atoms with Gasteiger partial charge in [0.15, 0.2) is 0 Å². The summed E-state index contributed by atoms with van der Waals surface area (Å²) in [5, 5.41) is 12.3. The Morgan fingerprint density at radius 3 is 1.96 bits per heavy atom. The molecule has 2 aromatic carbocycles. The minimum atomic E-state index is -0.784. The van der Waals surface area contributed by atoms with E-state index in [2.05, 4.69) is 36.1 Å². The van der Waals surface area contributed by atoms with Gasteiger partial charge in [-0.05, 0) is 99.5 Å². The van der Waals surface area contributed by atoms with E-state index in [9.17, 15) is 24.0 Å². The van der Waals surface area contributed by atoms with Gasteiger partial charge in [0, 0.05) is 88.9 Å². The average Bonchev–Trinajstić information content (AvgIpc) is 3.71. The molecule has 3 aromatic rings. The number of hydrogen-bond donors (Lipinski definition) is 6. The van der Waals surface area contributed by atoms with Gasteiger partial charge in [-0.25, -0.2) is 0 Å². The third-order valence-corrected chi connectivity index (χ3v) is 14.0. The summed E-state index contributed by atoms with van der Waals surface area (Å²) in [6.07, 6.45) is 7.22. The van der Waals surface area contributed by atoms with Crippen molar-refractivity contribution < 1.29 is 38.2 Å². The molecular formula is C58H87N9O8. The van der Waals surface area contributed by atoms with Gasteiger partial charge in [-0.3, -0.25) is 43.6 Å². The van der Waals surface area contributed by atoms with Gasteiger partial charge < -0.3 is 42.2 Å². The number of amides is 4. The van der Waals surface area contributed by atoms with Crippen LogP contribution in [0.3, 0.4) is 0 Å². The van der Waals surface area contributed by atoms with Crippen molar-refractivity contribution in [1.29, 1.82) is 0 Å². The molecule has 2 aliphatic rings. The Labute approximate surface area is 445 Å². The first-order valence-electron chi connectivity index (χ1n) is 27.3. The number of unbranched alkanes of at least 4 members (excludes halogenated alkanes) is 4. The molecule has 0 saturated carbocycles. The van der Waals surface area contributed by atoms with Crippen molar-refractivity contribution >= 4 is 35.6 Å². The Bertz CT molecular complexity index is 2280. The zero-order chi connectivity index (χ0) is 54.5. The van der Waals surface area contributed by atoms with Crippen molar-refractivity contribution in [3.05, 3.63) is 101 Å². The number of nitrogens with one attached hydrogen (secondary N) is 4. The minimum absolute atomic E-state index is 0.0155. The van der Waals surface area contributed by atoms with Crippen LogP contribution in [-0.4, -0.2) is 125 Å². The third kappa shape index (κ3) is 20.4. The van der Waals surface area contributed by atoms with Crippen molar-refractivity contribution in [2.75, 3.05) is 39.3 Å². The molecular weight excluding hydrogens is 951 g/mol. The molecule has 0 unspecified atom stereocenters. The average molecular weight is 1040 g/mol. The van der Waals surface area contributed by atoms with Crippen LogP contribution in [0.2, 0.25) is 0 Å². The predicted octanol–water partition coefficient (Wildman–Crippen LogP) is 5.29. The second-order valence-electron chi connectivity index (χ2n) is 22.2. The number of nitrogens with zero attached hydrogens (tertiary/aromatic N) is 3. The molecule has 1 saturated heterocycles. The molecule has 17 heteroatoms. The first-order chi connectivity index (χ1) is 35.8. The molecule has 2 heterocycles. The van der Waals surface area contributed by atoms with Crippen LogP contribution in [0.25, 0.3) is 0 Å². The van der Waals surface area contributed by atoms with E-state index < -0.39 is 53.8 Å². The van der Waals surface area contributed by atoms with Crippen LogP contribution < -0.4 is 32.7 Å². The topological polar surface area (TPSA) is 240 Å². The summed E-state index contributed by atoms with van der Waals surface area (Å²) in [5.74, 6) is -2.21. The highest BCUT2D eigenvalue weighted by Gasteiger charge is 2.40. The number of pyridine rings is 1. The maximum Gasteiger partial charge on any atom is 0.306 e. The number of ether oxygens (including phenoxy) is 2. The van der Waals surface area contributed by atoms with E-state index in [4.69, 9.17) is 20.9 Å². The summed E-state index contributed by atoms with van der Waals surface area (Å²) in [6, 6.07) is 19.1. The summed E-state index contributed by atoms with van der Waals surface area (Å²) >= 11 is 0. The smallest absolute Gasteiger partial charge is 0.306 e.